The number of hydrogen-bond donors (Lipinski definition) is 1. The molecule has 1 heterocycles. The van der Waals surface area contributed by atoms with Gasteiger partial charge in [-0.25, -0.2) is 17.9 Å². The summed E-state index contributed by atoms with van der Waals surface area (Å²) < 4.78 is 44.9. The molecule has 1 N–H and O–H groups in total. The fourth-order valence-corrected chi connectivity index (χ4v) is 4.26. The molecule has 0 aliphatic rings. The lowest BCUT2D eigenvalue weighted by Gasteiger charge is -2.11. The molecule has 8 nitrogen and oxygen atoms in total. The molecule has 1 aromatic heterocycles. The van der Waals surface area contributed by atoms with E-state index in [1.807, 2.05) is 12.1 Å². The summed E-state index contributed by atoms with van der Waals surface area (Å²) >= 11 is 0. The van der Waals surface area contributed by atoms with E-state index in [1.54, 1.807) is 40.3 Å². The largest absolute Gasteiger partial charge is 0.493 e. The van der Waals surface area contributed by atoms with E-state index in [-0.39, 0.29) is 17.0 Å². The number of aromatic nitrogens is 1. The molecule has 0 atom stereocenters. The van der Waals surface area contributed by atoms with E-state index < -0.39 is 15.8 Å². The van der Waals surface area contributed by atoms with Gasteiger partial charge >= 0.3 is 5.76 Å². The lowest BCUT2D eigenvalue weighted by molar-refractivity contribution is 0.354. The first-order chi connectivity index (χ1) is 13.3. The van der Waals surface area contributed by atoms with Crippen LogP contribution in [-0.2, 0) is 23.5 Å². The van der Waals surface area contributed by atoms with Crippen LogP contribution in [-0.4, -0.2) is 33.7 Å². The Hall–Kier alpha value is -2.78. The molecule has 0 spiro atoms. The first-order valence-electron chi connectivity index (χ1n) is 8.57. The third-order valence-corrected chi connectivity index (χ3v) is 6.14. The van der Waals surface area contributed by atoms with E-state index in [9.17, 15) is 13.2 Å². The van der Waals surface area contributed by atoms with Crippen LogP contribution in [0.2, 0.25) is 0 Å². The van der Waals surface area contributed by atoms with Gasteiger partial charge in [0, 0.05) is 19.7 Å². The normalized spacial score (nSPS) is 11.7. The predicted molar refractivity (Wildman–Crippen MR) is 105 cm³/mol. The number of sulfonamides is 1. The topological polar surface area (TPSA) is 99.8 Å². The zero-order chi connectivity index (χ0) is 20.5. The van der Waals surface area contributed by atoms with Crippen LogP contribution in [0.5, 0.6) is 11.5 Å². The average molecular weight is 406 g/mol. The van der Waals surface area contributed by atoms with Crippen molar-refractivity contribution < 1.29 is 22.3 Å². The Morgan fingerprint density at radius 2 is 1.82 bits per heavy atom. The zero-order valence-corrected chi connectivity index (χ0v) is 16.9. The van der Waals surface area contributed by atoms with Crippen molar-refractivity contribution in [3.8, 4) is 11.5 Å². The van der Waals surface area contributed by atoms with Crippen molar-refractivity contribution in [1.29, 1.82) is 0 Å². The molecule has 0 aliphatic heterocycles. The second kappa shape index (κ2) is 7.69. The summed E-state index contributed by atoms with van der Waals surface area (Å²) in [5.41, 5.74) is 2.22. The molecule has 0 radical (unpaired) electrons. The number of oxazole rings is 1. The Morgan fingerprint density at radius 1 is 1.11 bits per heavy atom. The smallest absolute Gasteiger partial charge is 0.419 e. The Bertz CT molecular complexity index is 1180. The molecular formula is C19H22N2O6S. The van der Waals surface area contributed by atoms with Gasteiger partial charge in [-0.15, -0.1) is 0 Å². The summed E-state index contributed by atoms with van der Waals surface area (Å²) in [6.07, 6.45) is 0.474. The van der Waals surface area contributed by atoms with Crippen molar-refractivity contribution in [2.75, 3.05) is 20.8 Å². The highest BCUT2D eigenvalue weighted by atomic mass is 32.2. The molecule has 0 saturated heterocycles. The molecule has 3 rings (SSSR count). The molecule has 0 amide bonds. The zero-order valence-electron chi connectivity index (χ0n) is 16.1. The van der Waals surface area contributed by atoms with Gasteiger partial charge in [0.15, 0.2) is 17.1 Å². The Kier molecular flexibility index (Phi) is 5.48. The highest BCUT2D eigenvalue weighted by Gasteiger charge is 2.20. The van der Waals surface area contributed by atoms with Crippen LogP contribution in [0.3, 0.4) is 0 Å². The average Bonchev–Trinajstić information content (AvgIpc) is 2.94. The highest BCUT2D eigenvalue weighted by molar-refractivity contribution is 7.89. The monoisotopic (exact) mass is 406 g/mol. The predicted octanol–water partition coefficient (Wildman–Crippen LogP) is 1.98. The minimum Gasteiger partial charge on any atom is -0.493 e. The quantitative estimate of drug-likeness (QED) is 0.644. The van der Waals surface area contributed by atoms with Gasteiger partial charge in [-0.3, -0.25) is 4.57 Å². The van der Waals surface area contributed by atoms with Crippen LogP contribution < -0.4 is 20.0 Å². The fourth-order valence-electron chi connectivity index (χ4n) is 2.99. The van der Waals surface area contributed by atoms with Crippen molar-refractivity contribution in [2.24, 2.45) is 7.05 Å². The number of hydrogen-bond acceptors (Lipinski definition) is 6. The van der Waals surface area contributed by atoms with Crippen LogP contribution in [0.4, 0.5) is 0 Å². The number of nitrogens with one attached hydrogen (secondary N) is 1. The van der Waals surface area contributed by atoms with E-state index in [0.717, 1.165) is 5.56 Å². The number of aryl methyl sites for hydroxylation is 2. The Labute approximate surface area is 162 Å². The van der Waals surface area contributed by atoms with Crippen molar-refractivity contribution in [1.82, 2.24) is 9.29 Å². The van der Waals surface area contributed by atoms with E-state index >= 15 is 0 Å². The maximum Gasteiger partial charge on any atom is 0.419 e. The van der Waals surface area contributed by atoms with Gasteiger partial charge in [0.2, 0.25) is 10.0 Å². The fraction of sp³-hybridized carbons (Fsp3) is 0.316. The number of rotatable bonds is 7. The van der Waals surface area contributed by atoms with Gasteiger partial charge in [-0.1, -0.05) is 6.07 Å². The summed E-state index contributed by atoms with van der Waals surface area (Å²) in [6.45, 7) is 1.88. The first-order valence-corrected chi connectivity index (χ1v) is 10.1. The first kappa shape index (κ1) is 20.0. The van der Waals surface area contributed by atoms with Crippen LogP contribution >= 0.6 is 0 Å². The number of nitrogens with zero attached hydrogens (tertiary/aromatic N) is 1. The third-order valence-electron chi connectivity index (χ3n) is 4.53. The maximum absolute atomic E-state index is 12.7. The molecule has 28 heavy (non-hydrogen) atoms. The van der Waals surface area contributed by atoms with Gasteiger partial charge in [-0.05, 0) is 42.7 Å². The summed E-state index contributed by atoms with van der Waals surface area (Å²) in [6, 6.07) is 8.45. The van der Waals surface area contributed by atoms with E-state index in [1.165, 1.54) is 10.6 Å². The summed E-state index contributed by atoms with van der Waals surface area (Å²) in [7, 11) is 0.913. The molecular weight excluding hydrogens is 384 g/mol. The van der Waals surface area contributed by atoms with E-state index in [4.69, 9.17) is 13.9 Å². The molecule has 0 aliphatic carbocycles. The summed E-state index contributed by atoms with van der Waals surface area (Å²) in [5.74, 6) is 0.661. The summed E-state index contributed by atoms with van der Waals surface area (Å²) in [4.78, 5) is 11.7. The lowest BCUT2D eigenvalue weighted by atomic mass is 10.1. The summed E-state index contributed by atoms with van der Waals surface area (Å²) in [5, 5.41) is 0. The number of fused-ring (bicyclic) bond motifs is 1. The Balaban J connectivity index is 1.78. The lowest BCUT2D eigenvalue weighted by Crippen LogP contribution is -2.26. The number of methoxy groups -OCH3 is 2. The minimum absolute atomic E-state index is 0.0849. The van der Waals surface area contributed by atoms with Gasteiger partial charge in [0.1, 0.15) is 0 Å². The molecule has 9 heteroatoms. The van der Waals surface area contributed by atoms with Crippen molar-refractivity contribution in [2.45, 2.75) is 18.2 Å². The maximum atomic E-state index is 12.7. The van der Waals surface area contributed by atoms with Crippen LogP contribution in [0, 0.1) is 6.92 Å². The standard InChI is InChI=1S/C19H22N2O6S/c1-12-9-14-16(27-19(22)21(14)2)11-18(12)28(23,24)20-8-7-13-5-6-15(25-3)17(10-13)26-4/h5-6,9-11,20H,7-8H2,1-4H3. The molecule has 0 bridgehead atoms. The molecule has 0 fully saturated rings. The number of ether oxygens (including phenoxy) is 2. The molecule has 3 aromatic rings. The van der Waals surface area contributed by atoms with Gasteiger partial charge < -0.3 is 13.9 Å². The van der Waals surface area contributed by atoms with Gasteiger partial charge in [0.05, 0.1) is 24.6 Å². The SMILES string of the molecule is COc1ccc(CCNS(=O)(=O)c2cc3oc(=O)n(C)c3cc2C)cc1OC. The van der Waals surface area contributed by atoms with Crippen LogP contribution in [0.1, 0.15) is 11.1 Å². The second-order valence-electron chi connectivity index (χ2n) is 6.35. The minimum atomic E-state index is -3.76. The van der Waals surface area contributed by atoms with Crippen LogP contribution in [0.15, 0.2) is 44.4 Å². The van der Waals surface area contributed by atoms with Crippen molar-refractivity contribution >= 4 is 21.1 Å². The molecule has 2 aromatic carbocycles. The van der Waals surface area contributed by atoms with Crippen molar-refractivity contribution in [3.05, 3.63) is 52.0 Å². The molecule has 0 unspecified atom stereocenters. The van der Waals surface area contributed by atoms with Crippen LogP contribution in [0.25, 0.3) is 11.1 Å². The number of benzene rings is 2. The second-order valence-corrected chi connectivity index (χ2v) is 8.08. The highest BCUT2D eigenvalue weighted by Crippen LogP contribution is 2.27. The Morgan fingerprint density at radius 3 is 2.50 bits per heavy atom. The van der Waals surface area contributed by atoms with Gasteiger partial charge in [0.25, 0.3) is 0 Å². The third kappa shape index (κ3) is 3.76. The molecule has 0 saturated carbocycles. The van der Waals surface area contributed by atoms with Gasteiger partial charge in [-0.2, -0.15) is 0 Å². The van der Waals surface area contributed by atoms with E-state index in [2.05, 4.69) is 4.72 Å². The van der Waals surface area contributed by atoms with Crippen molar-refractivity contribution in [3.63, 3.8) is 0 Å². The van der Waals surface area contributed by atoms with E-state index in [0.29, 0.717) is 29.0 Å². The molecule has 150 valence electrons.